The minimum atomic E-state index is 0. The number of anilines is 1. The number of halogens is 1. The minimum Gasteiger partial charge on any atom is -0.363 e. The highest BCUT2D eigenvalue weighted by atomic mass is 127. The van der Waals surface area contributed by atoms with Crippen LogP contribution in [0.3, 0.4) is 0 Å². The molecule has 3 aromatic rings. The summed E-state index contributed by atoms with van der Waals surface area (Å²) in [6, 6.07) is 14.4. The standard InChI is InChI=1S/C21H27N7.HI/c1-22-21(24-14-17-9-11-23-20(13-17)27(2)3)25-15-18-7-4-5-8-19(18)16-28-12-6-10-26-28;/h4-13H,14-16H2,1-3H3,(H2,22,24,25);1H. The van der Waals surface area contributed by atoms with E-state index in [-0.39, 0.29) is 24.0 Å². The molecular weight excluding hydrogens is 477 g/mol. The van der Waals surface area contributed by atoms with Gasteiger partial charge in [0.15, 0.2) is 5.96 Å². The van der Waals surface area contributed by atoms with Crippen molar-refractivity contribution < 1.29 is 0 Å². The Morgan fingerprint density at radius 1 is 1.03 bits per heavy atom. The molecule has 8 heteroatoms. The fraction of sp³-hybridized carbons (Fsp3) is 0.286. The highest BCUT2D eigenvalue weighted by Gasteiger charge is 2.05. The summed E-state index contributed by atoms with van der Waals surface area (Å²) >= 11 is 0. The van der Waals surface area contributed by atoms with Gasteiger partial charge >= 0.3 is 0 Å². The Bertz CT molecular complexity index is 907. The number of rotatable bonds is 7. The lowest BCUT2D eigenvalue weighted by Crippen LogP contribution is -2.36. The Morgan fingerprint density at radius 2 is 1.79 bits per heavy atom. The van der Waals surface area contributed by atoms with Gasteiger partial charge in [0.2, 0.25) is 0 Å². The molecule has 0 spiro atoms. The summed E-state index contributed by atoms with van der Waals surface area (Å²) < 4.78 is 1.93. The monoisotopic (exact) mass is 505 g/mol. The third-order valence-corrected chi connectivity index (χ3v) is 4.41. The number of nitrogens with zero attached hydrogens (tertiary/aromatic N) is 5. The van der Waals surface area contributed by atoms with E-state index in [9.17, 15) is 0 Å². The van der Waals surface area contributed by atoms with Crippen LogP contribution in [0, 0.1) is 0 Å². The molecule has 7 nitrogen and oxygen atoms in total. The summed E-state index contributed by atoms with van der Waals surface area (Å²) in [5, 5.41) is 11.1. The van der Waals surface area contributed by atoms with Crippen LogP contribution in [0.4, 0.5) is 5.82 Å². The van der Waals surface area contributed by atoms with E-state index in [0.717, 1.165) is 23.9 Å². The maximum absolute atomic E-state index is 4.35. The van der Waals surface area contributed by atoms with Crippen molar-refractivity contribution >= 4 is 35.8 Å². The number of aliphatic imine (C=N–C) groups is 1. The quantitative estimate of drug-likeness (QED) is 0.294. The van der Waals surface area contributed by atoms with Crippen molar-refractivity contribution in [1.29, 1.82) is 0 Å². The van der Waals surface area contributed by atoms with Gasteiger partial charge in [0, 0.05) is 52.8 Å². The Hall–Kier alpha value is -2.62. The van der Waals surface area contributed by atoms with Crippen LogP contribution < -0.4 is 15.5 Å². The first kappa shape index (κ1) is 22.7. The van der Waals surface area contributed by atoms with E-state index in [1.807, 2.05) is 48.2 Å². The maximum Gasteiger partial charge on any atom is 0.191 e. The van der Waals surface area contributed by atoms with E-state index in [4.69, 9.17) is 0 Å². The third kappa shape index (κ3) is 6.74. The number of nitrogens with one attached hydrogen (secondary N) is 2. The summed E-state index contributed by atoms with van der Waals surface area (Å²) in [5.74, 6) is 1.70. The van der Waals surface area contributed by atoms with Gasteiger partial charge in [-0.15, -0.1) is 24.0 Å². The lowest BCUT2D eigenvalue weighted by molar-refractivity contribution is 0.677. The SMILES string of the molecule is CN=C(NCc1ccnc(N(C)C)c1)NCc1ccccc1Cn1cccn1.I. The van der Waals surface area contributed by atoms with Crippen LogP contribution in [0.5, 0.6) is 0 Å². The van der Waals surface area contributed by atoms with E-state index in [1.54, 1.807) is 13.2 Å². The summed E-state index contributed by atoms with van der Waals surface area (Å²) in [5.41, 5.74) is 3.61. The van der Waals surface area contributed by atoms with Crippen molar-refractivity contribution in [1.82, 2.24) is 25.4 Å². The van der Waals surface area contributed by atoms with Crippen molar-refractivity contribution in [3.8, 4) is 0 Å². The zero-order chi connectivity index (χ0) is 19.8. The second-order valence-corrected chi connectivity index (χ2v) is 6.67. The Kier molecular flexibility index (Phi) is 8.91. The molecule has 0 saturated heterocycles. The summed E-state index contributed by atoms with van der Waals surface area (Å²) in [6.07, 6.45) is 5.60. The molecule has 2 heterocycles. The molecule has 1 aromatic carbocycles. The molecule has 0 saturated carbocycles. The Balaban J connectivity index is 0.00000300. The van der Waals surface area contributed by atoms with Gasteiger partial charge in [-0.2, -0.15) is 5.10 Å². The molecule has 0 amide bonds. The van der Waals surface area contributed by atoms with Gasteiger partial charge in [-0.25, -0.2) is 4.98 Å². The normalized spacial score (nSPS) is 10.9. The number of guanidine groups is 1. The smallest absolute Gasteiger partial charge is 0.191 e. The average Bonchev–Trinajstić information content (AvgIpc) is 3.22. The number of hydrogen-bond acceptors (Lipinski definition) is 4. The zero-order valence-electron chi connectivity index (χ0n) is 17.0. The number of aromatic nitrogens is 3. The first-order valence-corrected chi connectivity index (χ1v) is 9.26. The van der Waals surface area contributed by atoms with E-state index in [0.29, 0.717) is 13.1 Å². The molecule has 0 aliphatic rings. The average molecular weight is 505 g/mol. The lowest BCUT2D eigenvalue weighted by atomic mass is 10.1. The van der Waals surface area contributed by atoms with Crippen molar-refractivity contribution in [3.05, 3.63) is 77.7 Å². The first-order chi connectivity index (χ1) is 13.7. The number of pyridine rings is 1. The Morgan fingerprint density at radius 3 is 2.48 bits per heavy atom. The molecule has 0 aliphatic carbocycles. The van der Waals surface area contributed by atoms with Gasteiger partial charge in [0.25, 0.3) is 0 Å². The molecule has 0 atom stereocenters. The molecule has 154 valence electrons. The molecule has 0 fully saturated rings. The summed E-state index contributed by atoms with van der Waals surface area (Å²) in [7, 11) is 5.75. The summed E-state index contributed by atoms with van der Waals surface area (Å²) in [6.45, 7) is 2.12. The molecule has 2 aromatic heterocycles. The lowest BCUT2D eigenvalue weighted by Gasteiger charge is -2.15. The van der Waals surface area contributed by atoms with E-state index in [2.05, 4.69) is 56.0 Å². The fourth-order valence-electron chi connectivity index (χ4n) is 2.85. The molecule has 29 heavy (non-hydrogen) atoms. The van der Waals surface area contributed by atoms with Gasteiger partial charge in [-0.3, -0.25) is 9.67 Å². The molecule has 2 N–H and O–H groups in total. The maximum atomic E-state index is 4.35. The largest absolute Gasteiger partial charge is 0.363 e. The van der Waals surface area contributed by atoms with Gasteiger partial charge < -0.3 is 15.5 Å². The van der Waals surface area contributed by atoms with Crippen LogP contribution >= 0.6 is 24.0 Å². The Labute approximate surface area is 189 Å². The van der Waals surface area contributed by atoms with E-state index >= 15 is 0 Å². The van der Waals surface area contributed by atoms with E-state index in [1.165, 1.54) is 11.1 Å². The predicted octanol–water partition coefficient (Wildman–Crippen LogP) is 2.88. The highest BCUT2D eigenvalue weighted by Crippen LogP contribution is 2.11. The van der Waals surface area contributed by atoms with Gasteiger partial charge in [0.05, 0.1) is 6.54 Å². The second kappa shape index (κ2) is 11.4. The van der Waals surface area contributed by atoms with E-state index < -0.39 is 0 Å². The van der Waals surface area contributed by atoms with Crippen molar-refractivity contribution in [2.75, 3.05) is 26.0 Å². The molecule has 0 unspecified atom stereocenters. The minimum absolute atomic E-state index is 0. The number of benzene rings is 1. The number of hydrogen-bond donors (Lipinski definition) is 2. The van der Waals surface area contributed by atoms with Crippen LogP contribution in [0.2, 0.25) is 0 Å². The first-order valence-electron chi connectivity index (χ1n) is 9.26. The predicted molar refractivity (Wildman–Crippen MR) is 129 cm³/mol. The second-order valence-electron chi connectivity index (χ2n) is 6.67. The van der Waals surface area contributed by atoms with Crippen LogP contribution in [-0.2, 0) is 19.6 Å². The molecule has 0 bridgehead atoms. The molecular formula is C21H28IN7. The summed E-state index contributed by atoms with van der Waals surface area (Å²) in [4.78, 5) is 10.7. The van der Waals surface area contributed by atoms with Gasteiger partial charge in [-0.1, -0.05) is 24.3 Å². The van der Waals surface area contributed by atoms with Crippen molar-refractivity contribution in [3.63, 3.8) is 0 Å². The van der Waals surface area contributed by atoms with Crippen molar-refractivity contribution in [2.45, 2.75) is 19.6 Å². The fourth-order valence-corrected chi connectivity index (χ4v) is 2.85. The topological polar surface area (TPSA) is 70.4 Å². The van der Waals surface area contributed by atoms with Crippen LogP contribution in [0.1, 0.15) is 16.7 Å². The molecule has 0 radical (unpaired) electrons. The van der Waals surface area contributed by atoms with Crippen LogP contribution in [0.15, 0.2) is 66.0 Å². The van der Waals surface area contributed by atoms with Gasteiger partial charge in [-0.05, 0) is 34.9 Å². The van der Waals surface area contributed by atoms with Crippen LogP contribution in [-0.4, -0.2) is 41.9 Å². The third-order valence-electron chi connectivity index (χ3n) is 4.41. The molecule has 0 aliphatic heterocycles. The van der Waals surface area contributed by atoms with Crippen LogP contribution in [0.25, 0.3) is 0 Å². The van der Waals surface area contributed by atoms with Gasteiger partial charge in [0.1, 0.15) is 5.82 Å². The zero-order valence-corrected chi connectivity index (χ0v) is 19.4. The highest BCUT2D eigenvalue weighted by molar-refractivity contribution is 14.0. The molecule has 3 rings (SSSR count). The van der Waals surface area contributed by atoms with Crippen molar-refractivity contribution in [2.24, 2.45) is 4.99 Å².